The van der Waals surface area contributed by atoms with Gasteiger partial charge in [-0.2, -0.15) is 0 Å². The van der Waals surface area contributed by atoms with E-state index in [0.717, 1.165) is 25.7 Å². The molecule has 274 valence electrons. The SMILES string of the molecule is CCCCCCCCCCCCCCCCCCCCCC(=O)OC[C@@H](O)COC(=O)CCCCCCCCCCCCCCC. The van der Waals surface area contributed by atoms with Crippen molar-refractivity contribution < 1.29 is 24.2 Å². The van der Waals surface area contributed by atoms with E-state index in [4.69, 9.17) is 9.47 Å². The molecule has 0 heterocycles. The van der Waals surface area contributed by atoms with E-state index in [0.29, 0.717) is 12.8 Å². The molecule has 0 aromatic heterocycles. The Bertz CT molecular complexity index is 622. The Balaban J connectivity index is 3.35. The maximum atomic E-state index is 12.0. The largest absolute Gasteiger partial charge is 0.463 e. The van der Waals surface area contributed by atoms with Crippen molar-refractivity contribution >= 4 is 11.9 Å². The summed E-state index contributed by atoms with van der Waals surface area (Å²) in [4.78, 5) is 23.9. The molecule has 0 aliphatic rings. The van der Waals surface area contributed by atoms with E-state index in [1.807, 2.05) is 0 Å². The first kappa shape index (κ1) is 44.9. The summed E-state index contributed by atoms with van der Waals surface area (Å²) in [6.45, 7) is 4.33. The predicted octanol–water partition coefficient (Wildman–Crippen LogP) is 12.7. The van der Waals surface area contributed by atoms with E-state index in [1.54, 1.807) is 0 Å². The molecule has 1 N–H and O–H groups in total. The average Bonchev–Trinajstić information content (AvgIpc) is 3.06. The molecule has 0 aromatic carbocycles. The summed E-state index contributed by atoms with van der Waals surface area (Å²) in [6, 6.07) is 0. The molecule has 5 nitrogen and oxygen atoms in total. The van der Waals surface area contributed by atoms with Crippen LogP contribution >= 0.6 is 0 Å². The lowest BCUT2D eigenvalue weighted by Gasteiger charge is -2.12. The van der Waals surface area contributed by atoms with E-state index < -0.39 is 6.10 Å². The first-order chi connectivity index (χ1) is 22.6. The Morgan fingerprint density at radius 3 is 0.783 bits per heavy atom. The number of hydrogen-bond donors (Lipinski definition) is 1. The van der Waals surface area contributed by atoms with Gasteiger partial charge in [-0.05, 0) is 12.8 Å². The van der Waals surface area contributed by atoms with E-state index in [2.05, 4.69) is 13.8 Å². The van der Waals surface area contributed by atoms with Gasteiger partial charge in [-0.25, -0.2) is 0 Å². The maximum absolute atomic E-state index is 12.0. The molecule has 0 saturated heterocycles. The minimum Gasteiger partial charge on any atom is -0.463 e. The third kappa shape index (κ3) is 37.4. The number of carbonyl (C=O) groups is 2. The van der Waals surface area contributed by atoms with E-state index in [1.165, 1.54) is 180 Å². The molecule has 0 unspecified atom stereocenters. The number of aliphatic hydroxyl groups excluding tert-OH is 1. The maximum Gasteiger partial charge on any atom is 0.305 e. The number of hydrogen-bond acceptors (Lipinski definition) is 5. The molecule has 1 atom stereocenters. The highest BCUT2D eigenvalue weighted by Gasteiger charge is 2.12. The van der Waals surface area contributed by atoms with Crippen LogP contribution in [0.15, 0.2) is 0 Å². The summed E-state index contributed by atoms with van der Waals surface area (Å²) in [5.41, 5.74) is 0. The number of ether oxygens (including phenoxy) is 2. The highest BCUT2D eigenvalue weighted by molar-refractivity contribution is 5.69. The summed E-state index contributed by atoms with van der Waals surface area (Å²) < 4.78 is 10.3. The summed E-state index contributed by atoms with van der Waals surface area (Å²) in [5.74, 6) is -0.549. The zero-order chi connectivity index (χ0) is 33.6. The van der Waals surface area contributed by atoms with Gasteiger partial charge in [-0.3, -0.25) is 9.59 Å². The monoisotopic (exact) mass is 653 g/mol. The van der Waals surface area contributed by atoms with Crippen LogP contribution in [0.25, 0.3) is 0 Å². The molecular weight excluding hydrogens is 572 g/mol. The van der Waals surface area contributed by atoms with E-state index in [9.17, 15) is 14.7 Å². The third-order valence-electron chi connectivity index (χ3n) is 9.34. The van der Waals surface area contributed by atoms with Crippen molar-refractivity contribution in [2.75, 3.05) is 13.2 Å². The number of rotatable bonds is 38. The molecule has 5 heteroatoms. The van der Waals surface area contributed by atoms with Gasteiger partial charge in [0.2, 0.25) is 0 Å². The van der Waals surface area contributed by atoms with Crippen LogP contribution in [-0.2, 0) is 19.1 Å². The normalized spacial score (nSPS) is 12.0. The Morgan fingerprint density at radius 1 is 0.370 bits per heavy atom. The van der Waals surface area contributed by atoms with Crippen LogP contribution in [0.2, 0.25) is 0 Å². The standard InChI is InChI=1S/C41H80O5/c1-3-5-7-9-11-13-15-17-18-19-20-21-22-24-26-28-30-32-34-36-41(44)46-38-39(42)37-45-40(43)35-33-31-29-27-25-23-16-14-12-10-8-6-4-2/h39,42H,3-38H2,1-2H3/t39-/m0/s1. The molecule has 0 fully saturated rings. The zero-order valence-corrected chi connectivity index (χ0v) is 31.1. The van der Waals surface area contributed by atoms with Gasteiger partial charge in [-0.1, -0.05) is 206 Å². The molecule has 0 rings (SSSR count). The highest BCUT2D eigenvalue weighted by Crippen LogP contribution is 2.16. The number of esters is 2. The first-order valence-corrected chi connectivity index (χ1v) is 20.6. The molecule has 0 spiro atoms. The molecule has 0 bridgehead atoms. The summed E-state index contributed by atoms with van der Waals surface area (Å²) in [5, 5.41) is 10.0. The Labute approximate surface area is 287 Å². The van der Waals surface area contributed by atoms with E-state index >= 15 is 0 Å². The van der Waals surface area contributed by atoms with Gasteiger partial charge in [0.25, 0.3) is 0 Å². The van der Waals surface area contributed by atoms with Crippen molar-refractivity contribution in [3.05, 3.63) is 0 Å². The second kappa shape index (κ2) is 38.3. The van der Waals surface area contributed by atoms with Crippen molar-refractivity contribution in [1.29, 1.82) is 0 Å². The lowest BCUT2D eigenvalue weighted by molar-refractivity contribution is -0.152. The van der Waals surface area contributed by atoms with Crippen molar-refractivity contribution in [1.82, 2.24) is 0 Å². The smallest absolute Gasteiger partial charge is 0.305 e. The second-order valence-corrected chi connectivity index (χ2v) is 14.1. The molecular formula is C41H80O5. The first-order valence-electron chi connectivity index (χ1n) is 20.6. The third-order valence-corrected chi connectivity index (χ3v) is 9.34. The van der Waals surface area contributed by atoms with Crippen molar-refractivity contribution in [3.8, 4) is 0 Å². The van der Waals surface area contributed by atoms with Crippen LogP contribution in [0, 0.1) is 0 Å². The van der Waals surface area contributed by atoms with Gasteiger partial charge in [0, 0.05) is 12.8 Å². The molecule has 0 aliphatic heterocycles. The van der Waals surface area contributed by atoms with Crippen LogP contribution in [0.3, 0.4) is 0 Å². The fourth-order valence-electron chi connectivity index (χ4n) is 6.21. The minimum absolute atomic E-state index is 0.107. The molecule has 0 radical (unpaired) electrons. The lowest BCUT2D eigenvalue weighted by Crippen LogP contribution is -2.25. The summed E-state index contributed by atoms with van der Waals surface area (Å²) in [7, 11) is 0. The van der Waals surface area contributed by atoms with Crippen LogP contribution in [0.5, 0.6) is 0 Å². The predicted molar refractivity (Wildman–Crippen MR) is 196 cm³/mol. The topological polar surface area (TPSA) is 72.8 Å². The average molecular weight is 653 g/mol. The fourth-order valence-corrected chi connectivity index (χ4v) is 6.21. The van der Waals surface area contributed by atoms with Crippen LogP contribution in [-0.4, -0.2) is 36.4 Å². The van der Waals surface area contributed by atoms with Gasteiger partial charge in [0.1, 0.15) is 19.3 Å². The molecule has 0 saturated carbocycles. The van der Waals surface area contributed by atoms with Gasteiger partial charge in [-0.15, -0.1) is 0 Å². The summed E-state index contributed by atoms with van der Waals surface area (Å²) in [6.07, 6.45) is 41.6. The highest BCUT2D eigenvalue weighted by atomic mass is 16.6. The van der Waals surface area contributed by atoms with Crippen molar-refractivity contribution in [2.45, 2.75) is 238 Å². The molecule has 0 aliphatic carbocycles. The number of unbranched alkanes of at least 4 members (excludes halogenated alkanes) is 30. The Kier molecular flexibility index (Phi) is 37.4. The quantitative estimate of drug-likeness (QED) is 0.0531. The fraction of sp³-hybridized carbons (Fsp3) is 0.951. The van der Waals surface area contributed by atoms with Gasteiger partial charge in [0.15, 0.2) is 0 Å². The second-order valence-electron chi connectivity index (χ2n) is 14.1. The van der Waals surface area contributed by atoms with E-state index in [-0.39, 0.29) is 25.2 Å². The van der Waals surface area contributed by atoms with Crippen LogP contribution in [0.4, 0.5) is 0 Å². The molecule has 0 amide bonds. The minimum atomic E-state index is -0.954. The van der Waals surface area contributed by atoms with Gasteiger partial charge >= 0.3 is 11.9 Å². The Morgan fingerprint density at radius 2 is 0.565 bits per heavy atom. The van der Waals surface area contributed by atoms with Crippen LogP contribution in [0.1, 0.15) is 232 Å². The lowest BCUT2D eigenvalue weighted by atomic mass is 10.0. The number of carbonyl (C=O) groups excluding carboxylic acids is 2. The van der Waals surface area contributed by atoms with Gasteiger partial charge in [0.05, 0.1) is 0 Å². The Hall–Kier alpha value is -1.10. The molecule has 46 heavy (non-hydrogen) atoms. The zero-order valence-electron chi connectivity index (χ0n) is 31.1. The molecule has 0 aromatic rings. The van der Waals surface area contributed by atoms with Crippen molar-refractivity contribution in [2.24, 2.45) is 0 Å². The summed E-state index contributed by atoms with van der Waals surface area (Å²) >= 11 is 0. The van der Waals surface area contributed by atoms with Crippen molar-refractivity contribution in [3.63, 3.8) is 0 Å². The van der Waals surface area contributed by atoms with Gasteiger partial charge < -0.3 is 14.6 Å². The van der Waals surface area contributed by atoms with Crippen LogP contribution < -0.4 is 0 Å². The number of aliphatic hydroxyl groups is 1.